The van der Waals surface area contributed by atoms with Crippen LogP contribution in [0.5, 0.6) is 5.88 Å². The van der Waals surface area contributed by atoms with E-state index >= 15 is 0 Å². The largest absolute Gasteiger partial charge is 0.475 e. The van der Waals surface area contributed by atoms with Gasteiger partial charge in [-0.3, -0.25) is 4.79 Å². The number of carbonyl (C=O) groups excluding carboxylic acids is 1. The van der Waals surface area contributed by atoms with E-state index in [1.807, 2.05) is 0 Å². The maximum atomic E-state index is 11.0. The molecular weight excluding hydrogens is 234 g/mol. The fourth-order valence-electron chi connectivity index (χ4n) is 1.44. The minimum Gasteiger partial charge on any atom is -0.475 e. The molecule has 18 heavy (non-hydrogen) atoms. The highest BCUT2D eigenvalue weighted by Crippen LogP contribution is 2.15. The number of hydrogen-bond acceptors (Lipinski definition) is 5. The Morgan fingerprint density at radius 3 is 2.61 bits per heavy atom. The Balaban J connectivity index is 2.24. The molecule has 2 aromatic heterocycles. The summed E-state index contributed by atoms with van der Waals surface area (Å²) in [7, 11) is 1.60. The standard InChI is InChI=1S/C12H13N3O3/c1-17-6-7-18-11-5-4-8-9(15-11)2-3-10(14-8)12(13)16/h2-5H,6-7H2,1H3,(H2,13,16). The first-order chi connectivity index (χ1) is 8.70. The maximum absolute atomic E-state index is 11.0. The summed E-state index contributed by atoms with van der Waals surface area (Å²) in [6.07, 6.45) is 0. The molecule has 0 atom stereocenters. The monoisotopic (exact) mass is 247 g/mol. The number of carbonyl (C=O) groups is 1. The summed E-state index contributed by atoms with van der Waals surface area (Å²) in [5.74, 6) is -0.0644. The molecule has 0 radical (unpaired) electrons. The smallest absolute Gasteiger partial charge is 0.267 e. The van der Waals surface area contributed by atoms with Crippen LogP contribution in [0.15, 0.2) is 24.3 Å². The number of nitrogens with zero attached hydrogens (tertiary/aromatic N) is 2. The van der Waals surface area contributed by atoms with Crippen LogP contribution in [-0.4, -0.2) is 36.2 Å². The van der Waals surface area contributed by atoms with E-state index in [9.17, 15) is 4.79 Å². The van der Waals surface area contributed by atoms with Crippen molar-refractivity contribution in [3.05, 3.63) is 30.0 Å². The lowest BCUT2D eigenvalue weighted by Gasteiger charge is -2.05. The molecule has 0 unspecified atom stereocenters. The van der Waals surface area contributed by atoms with E-state index in [2.05, 4.69) is 9.97 Å². The Bertz CT molecular complexity index is 571. The lowest BCUT2D eigenvalue weighted by atomic mass is 10.2. The number of pyridine rings is 2. The molecule has 0 saturated heterocycles. The zero-order chi connectivity index (χ0) is 13.0. The number of methoxy groups -OCH3 is 1. The highest BCUT2D eigenvalue weighted by molar-refractivity contribution is 5.93. The van der Waals surface area contributed by atoms with Crippen molar-refractivity contribution in [2.75, 3.05) is 20.3 Å². The number of fused-ring (bicyclic) bond motifs is 1. The molecule has 0 spiro atoms. The van der Waals surface area contributed by atoms with Crippen LogP contribution in [0.4, 0.5) is 0 Å². The van der Waals surface area contributed by atoms with E-state index in [1.54, 1.807) is 25.3 Å². The minimum absolute atomic E-state index is 0.220. The van der Waals surface area contributed by atoms with E-state index in [4.69, 9.17) is 15.2 Å². The fourth-order valence-corrected chi connectivity index (χ4v) is 1.44. The van der Waals surface area contributed by atoms with Crippen molar-refractivity contribution in [1.82, 2.24) is 9.97 Å². The van der Waals surface area contributed by atoms with Gasteiger partial charge in [-0.1, -0.05) is 0 Å². The van der Waals surface area contributed by atoms with E-state index < -0.39 is 5.91 Å². The predicted octanol–water partition coefficient (Wildman–Crippen LogP) is 0.754. The topological polar surface area (TPSA) is 87.3 Å². The summed E-state index contributed by atoms with van der Waals surface area (Å²) in [4.78, 5) is 19.3. The Hall–Kier alpha value is -2.21. The third-order valence-corrected chi connectivity index (χ3v) is 2.31. The van der Waals surface area contributed by atoms with Gasteiger partial charge < -0.3 is 15.2 Å². The first-order valence-corrected chi connectivity index (χ1v) is 5.40. The lowest BCUT2D eigenvalue weighted by Crippen LogP contribution is -2.12. The number of hydrogen-bond donors (Lipinski definition) is 1. The zero-order valence-electron chi connectivity index (χ0n) is 9.92. The highest BCUT2D eigenvalue weighted by Gasteiger charge is 2.05. The number of nitrogens with two attached hydrogens (primary N) is 1. The minimum atomic E-state index is -0.558. The van der Waals surface area contributed by atoms with Crippen molar-refractivity contribution in [3.63, 3.8) is 0 Å². The summed E-state index contributed by atoms with van der Waals surface area (Å²) in [5, 5.41) is 0. The van der Waals surface area contributed by atoms with Crippen molar-refractivity contribution in [2.24, 2.45) is 5.73 Å². The molecule has 0 aliphatic heterocycles. The average molecular weight is 247 g/mol. The van der Waals surface area contributed by atoms with E-state index in [0.717, 1.165) is 0 Å². The molecule has 2 N–H and O–H groups in total. The van der Waals surface area contributed by atoms with Gasteiger partial charge in [-0.2, -0.15) is 0 Å². The van der Waals surface area contributed by atoms with Gasteiger partial charge in [0.15, 0.2) is 0 Å². The van der Waals surface area contributed by atoms with Crippen molar-refractivity contribution < 1.29 is 14.3 Å². The van der Waals surface area contributed by atoms with Crippen molar-refractivity contribution in [1.29, 1.82) is 0 Å². The quantitative estimate of drug-likeness (QED) is 0.788. The molecule has 6 heteroatoms. The van der Waals surface area contributed by atoms with Crippen LogP contribution >= 0.6 is 0 Å². The Kier molecular flexibility index (Phi) is 3.69. The van der Waals surface area contributed by atoms with Crippen LogP contribution in [0.3, 0.4) is 0 Å². The second-order valence-electron chi connectivity index (χ2n) is 3.59. The predicted molar refractivity (Wildman–Crippen MR) is 65.4 cm³/mol. The van der Waals surface area contributed by atoms with E-state index in [0.29, 0.717) is 30.1 Å². The number of amides is 1. The van der Waals surface area contributed by atoms with Crippen LogP contribution in [-0.2, 0) is 4.74 Å². The normalized spacial score (nSPS) is 10.5. The molecular formula is C12H13N3O3. The molecule has 0 fully saturated rings. The number of ether oxygens (including phenoxy) is 2. The molecule has 0 aliphatic carbocycles. The second-order valence-corrected chi connectivity index (χ2v) is 3.59. The van der Waals surface area contributed by atoms with Crippen molar-refractivity contribution in [2.45, 2.75) is 0 Å². The molecule has 0 aromatic carbocycles. The molecule has 0 aliphatic rings. The molecule has 6 nitrogen and oxygen atoms in total. The zero-order valence-corrected chi connectivity index (χ0v) is 9.92. The molecule has 2 aromatic rings. The average Bonchev–Trinajstić information content (AvgIpc) is 2.38. The first kappa shape index (κ1) is 12.3. The maximum Gasteiger partial charge on any atom is 0.267 e. The molecule has 2 heterocycles. The van der Waals surface area contributed by atoms with Crippen molar-refractivity contribution in [3.8, 4) is 5.88 Å². The van der Waals surface area contributed by atoms with Gasteiger partial charge in [0, 0.05) is 13.2 Å². The van der Waals surface area contributed by atoms with E-state index in [-0.39, 0.29) is 5.69 Å². The summed E-state index contributed by atoms with van der Waals surface area (Å²) < 4.78 is 10.3. The molecule has 94 valence electrons. The Morgan fingerprint density at radius 2 is 1.89 bits per heavy atom. The highest BCUT2D eigenvalue weighted by atomic mass is 16.5. The van der Waals surface area contributed by atoms with Gasteiger partial charge >= 0.3 is 0 Å². The van der Waals surface area contributed by atoms with Crippen LogP contribution in [0.2, 0.25) is 0 Å². The molecule has 2 rings (SSSR count). The SMILES string of the molecule is COCCOc1ccc2nc(C(N)=O)ccc2n1. The first-order valence-electron chi connectivity index (χ1n) is 5.40. The van der Waals surface area contributed by atoms with Gasteiger partial charge in [-0.25, -0.2) is 9.97 Å². The number of aromatic nitrogens is 2. The molecule has 1 amide bonds. The van der Waals surface area contributed by atoms with Gasteiger partial charge in [0.25, 0.3) is 5.91 Å². The Labute approximate surface area is 104 Å². The summed E-state index contributed by atoms with van der Waals surface area (Å²) in [6, 6.07) is 6.65. The van der Waals surface area contributed by atoms with Crippen LogP contribution in [0, 0.1) is 0 Å². The van der Waals surface area contributed by atoms with Gasteiger partial charge in [0.2, 0.25) is 5.88 Å². The third-order valence-electron chi connectivity index (χ3n) is 2.31. The summed E-state index contributed by atoms with van der Waals surface area (Å²) in [5.41, 5.74) is 6.63. The Morgan fingerprint density at radius 1 is 1.17 bits per heavy atom. The second kappa shape index (κ2) is 5.42. The van der Waals surface area contributed by atoms with Crippen LogP contribution in [0.25, 0.3) is 11.0 Å². The fraction of sp³-hybridized carbons (Fsp3) is 0.250. The number of primary amides is 1. The van der Waals surface area contributed by atoms with E-state index in [1.165, 1.54) is 6.07 Å². The van der Waals surface area contributed by atoms with Gasteiger partial charge in [0.05, 0.1) is 17.6 Å². The lowest BCUT2D eigenvalue weighted by molar-refractivity contribution is 0.0996. The van der Waals surface area contributed by atoms with Gasteiger partial charge in [0.1, 0.15) is 12.3 Å². The summed E-state index contributed by atoms with van der Waals surface area (Å²) in [6.45, 7) is 0.931. The van der Waals surface area contributed by atoms with Gasteiger partial charge in [-0.15, -0.1) is 0 Å². The van der Waals surface area contributed by atoms with Crippen molar-refractivity contribution >= 4 is 16.9 Å². The summed E-state index contributed by atoms with van der Waals surface area (Å²) >= 11 is 0. The van der Waals surface area contributed by atoms with Crippen LogP contribution in [0.1, 0.15) is 10.5 Å². The molecule has 0 bridgehead atoms. The molecule has 0 saturated carbocycles. The van der Waals surface area contributed by atoms with Crippen LogP contribution < -0.4 is 10.5 Å². The number of rotatable bonds is 5. The third kappa shape index (κ3) is 2.72. The van der Waals surface area contributed by atoms with Gasteiger partial charge in [-0.05, 0) is 18.2 Å².